The van der Waals surface area contributed by atoms with Crippen LogP contribution in [0.4, 0.5) is 5.69 Å². The predicted molar refractivity (Wildman–Crippen MR) is 205 cm³/mol. The fourth-order valence-corrected chi connectivity index (χ4v) is 7.20. The molecular formula is C41H42BrN3O5S. The Balaban J connectivity index is 1.54. The molecule has 8 nitrogen and oxygen atoms in total. The molecule has 0 aliphatic carbocycles. The van der Waals surface area contributed by atoms with Gasteiger partial charge in [0.2, 0.25) is 11.8 Å². The van der Waals surface area contributed by atoms with Gasteiger partial charge in [0, 0.05) is 24.0 Å². The van der Waals surface area contributed by atoms with Gasteiger partial charge in [-0.05, 0) is 85.1 Å². The molecule has 0 fully saturated rings. The molecule has 0 spiro atoms. The SMILES string of the molecule is CCCCNC(=O)[C@H](Cc1ccccc1)N(Cc1ccc(Br)cc1)C(=O)CN(c1ccc(Oc2ccccc2)cc1)S(=O)(=O)c1ccc(C)cc1. The predicted octanol–water partition coefficient (Wildman–Crippen LogP) is 8.30. The Morgan fingerprint density at radius 3 is 2.00 bits per heavy atom. The maximum atomic E-state index is 14.7. The molecular weight excluding hydrogens is 726 g/mol. The van der Waals surface area contributed by atoms with E-state index in [0.717, 1.165) is 38.3 Å². The Labute approximate surface area is 309 Å². The van der Waals surface area contributed by atoms with Gasteiger partial charge in [0.05, 0.1) is 10.6 Å². The minimum Gasteiger partial charge on any atom is -0.457 e. The highest BCUT2D eigenvalue weighted by Gasteiger charge is 2.34. The van der Waals surface area contributed by atoms with Crippen LogP contribution in [-0.2, 0) is 32.6 Å². The second-order valence-corrected chi connectivity index (χ2v) is 15.0. The number of hydrogen-bond donors (Lipinski definition) is 1. The molecule has 51 heavy (non-hydrogen) atoms. The van der Waals surface area contributed by atoms with Crippen LogP contribution in [0.3, 0.4) is 0 Å². The van der Waals surface area contributed by atoms with Crippen LogP contribution in [0.2, 0.25) is 0 Å². The van der Waals surface area contributed by atoms with Crippen LogP contribution in [0, 0.1) is 6.92 Å². The molecule has 5 rings (SSSR count). The summed E-state index contributed by atoms with van der Waals surface area (Å²) in [6, 6.07) is 38.5. The van der Waals surface area contributed by atoms with Crippen LogP contribution in [-0.4, -0.2) is 44.3 Å². The minimum atomic E-state index is -4.23. The first-order chi connectivity index (χ1) is 24.6. The summed E-state index contributed by atoms with van der Waals surface area (Å²) in [5, 5.41) is 3.02. The van der Waals surface area contributed by atoms with Gasteiger partial charge in [-0.25, -0.2) is 8.42 Å². The normalized spacial score (nSPS) is 11.7. The number of aryl methyl sites for hydroxylation is 1. The van der Waals surface area contributed by atoms with Gasteiger partial charge in [-0.15, -0.1) is 0 Å². The van der Waals surface area contributed by atoms with Crippen molar-refractivity contribution in [2.45, 2.75) is 50.6 Å². The minimum absolute atomic E-state index is 0.0446. The van der Waals surface area contributed by atoms with E-state index in [9.17, 15) is 18.0 Å². The van der Waals surface area contributed by atoms with Crippen molar-refractivity contribution in [1.29, 1.82) is 0 Å². The number of unbranched alkanes of at least 4 members (excludes halogenated alkanes) is 1. The molecule has 1 N–H and O–H groups in total. The van der Waals surface area contributed by atoms with Crippen LogP contribution in [0.25, 0.3) is 0 Å². The monoisotopic (exact) mass is 767 g/mol. The van der Waals surface area contributed by atoms with E-state index >= 15 is 0 Å². The lowest BCUT2D eigenvalue weighted by atomic mass is 10.0. The van der Waals surface area contributed by atoms with Crippen LogP contribution < -0.4 is 14.4 Å². The Bertz CT molecular complexity index is 1970. The molecule has 5 aromatic carbocycles. The number of sulfonamides is 1. The highest BCUT2D eigenvalue weighted by atomic mass is 79.9. The van der Waals surface area contributed by atoms with Gasteiger partial charge in [0.15, 0.2) is 0 Å². The van der Waals surface area contributed by atoms with Crippen LogP contribution in [0.15, 0.2) is 143 Å². The van der Waals surface area contributed by atoms with E-state index in [1.807, 2.05) is 98.8 Å². The molecule has 0 radical (unpaired) electrons. The number of benzene rings is 5. The number of carbonyl (C=O) groups is 2. The third kappa shape index (κ3) is 10.3. The van der Waals surface area contributed by atoms with Crippen molar-refractivity contribution in [1.82, 2.24) is 10.2 Å². The number of rotatable bonds is 16. The lowest BCUT2D eigenvalue weighted by Gasteiger charge is -2.34. The standard InChI is InChI=1S/C41H42BrN3O5S/c1-3-4-27-43-41(47)39(28-32-11-7-5-8-12-32)44(29-33-17-19-34(42)20-18-33)40(46)30-45(51(48,49)38-25-15-31(2)16-26-38)35-21-23-37(24-22-35)50-36-13-9-6-10-14-36/h5-26,39H,3-4,27-30H2,1-2H3,(H,43,47)/t39-/m0/s1. The lowest BCUT2D eigenvalue weighted by Crippen LogP contribution is -2.53. The van der Waals surface area contributed by atoms with Gasteiger partial charge in [0.25, 0.3) is 10.0 Å². The smallest absolute Gasteiger partial charge is 0.264 e. The van der Waals surface area contributed by atoms with Crippen molar-refractivity contribution in [2.24, 2.45) is 0 Å². The summed E-state index contributed by atoms with van der Waals surface area (Å²) in [6.45, 7) is 3.93. The molecule has 0 saturated carbocycles. The molecule has 0 aliphatic rings. The zero-order valence-electron chi connectivity index (χ0n) is 28.7. The van der Waals surface area contributed by atoms with E-state index < -0.39 is 28.5 Å². The number of para-hydroxylation sites is 1. The summed E-state index contributed by atoms with van der Waals surface area (Å²) in [5.41, 5.74) is 2.85. The van der Waals surface area contributed by atoms with E-state index in [0.29, 0.717) is 18.0 Å². The first kappa shape index (κ1) is 37.3. The van der Waals surface area contributed by atoms with Crippen LogP contribution in [0.1, 0.15) is 36.5 Å². The highest BCUT2D eigenvalue weighted by molar-refractivity contribution is 9.10. The summed E-state index contributed by atoms with van der Waals surface area (Å²) < 4.78 is 36.7. The fourth-order valence-electron chi connectivity index (χ4n) is 5.52. The molecule has 10 heteroatoms. The van der Waals surface area contributed by atoms with Gasteiger partial charge in [-0.3, -0.25) is 13.9 Å². The van der Waals surface area contributed by atoms with E-state index in [2.05, 4.69) is 21.2 Å². The largest absolute Gasteiger partial charge is 0.457 e. The lowest BCUT2D eigenvalue weighted by molar-refractivity contribution is -0.140. The molecule has 1 atom stereocenters. The Hall–Kier alpha value is -4.93. The zero-order chi connectivity index (χ0) is 36.2. The van der Waals surface area contributed by atoms with Crippen molar-refractivity contribution in [3.8, 4) is 11.5 Å². The number of ether oxygens (including phenoxy) is 1. The quantitative estimate of drug-likeness (QED) is 0.102. The van der Waals surface area contributed by atoms with Crippen molar-refractivity contribution in [2.75, 3.05) is 17.4 Å². The average molecular weight is 769 g/mol. The number of anilines is 1. The number of nitrogens with one attached hydrogen (secondary N) is 1. The van der Waals surface area contributed by atoms with Gasteiger partial charge in [-0.1, -0.05) is 108 Å². The maximum absolute atomic E-state index is 14.7. The molecule has 0 bridgehead atoms. The molecule has 0 aliphatic heterocycles. The van der Waals surface area contributed by atoms with Crippen molar-refractivity contribution >= 4 is 43.5 Å². The maximum Gasteiger partial charge on any atom is 0.264 e. The van der Waals surface area contributed by atoms with Gasteiger partial charge in [-0.2, -0.15) is 0 Å². The number of hydrogen-bond acceptors (Lipinski definition) is 5. The summed E-state index contributed by atoms with van der Waals surface area (Å²) in [5.74, 6) is 0.320. The molecule has 0 unspecified atom stereocenters. The van der Waals surface area contributed by atoms with Gasteiger partial charge >= 0.3 is 0 Å². The molecule has 2 amide bonds. The van der Waals surface area contributed by atoms with E-state index in [4.69, 9.17) is 4.74 Å². The molecule has 0 heterocycles. The van der Waals surface area contributed by atoms with Crippen LogP contribution >= 0.6 is 15.9 Å². The Kier molecular flexibility index (Phi) is 13.0. The summed E-state index contributed by atoms with van der Waals surface area (Å²) in [6.07, 6.45) is 1.93. The number of halogens is 1. The molecule has 0 aromatic heterocycles. The average Bonchev–Trinajstić information content (AvgIpc) is 3.14. The summed E-state index contributed by atoms with van der Waals surface area (Å²) in [7, 11) is -4.23. The van der Waals surface area contributed by atoms with E-state index in [-0.39, 0.29) is 29.5 Å². The number of amides is 2. The van der Waals surface area contributed by atoms with E-state index in [1.165, 1.54) is 17.0 Å². The molecule has 0 saturated heterocycles. The second kappa shape index (κ2) is 17.8. The molecule has 5 aromatic rings. The van der Waals surface area contributed by atoms with E-state index in [1.54, 1.807) is 36.4 Å². The molecule has 264 valence electrons. The topological polar surface area (TPSA) is 96.0 Å². The highest BCUT2D eigenvalue weighted by Crippen LogP contribution is 2.29. The summed E-state index contributed by atoms with van der Waals surface area (Å²) in [4.78, 5) is 30.2. The Morgan fingerprint density at radius 1 is 0.765 bits per heavy atom. The van der Waals surface area contributed by atoms with Crippen LogP contribution in [0.5, 0.6) is 11.5 Å². The second-order valence-electron chi connectivity index (χ2n) is 12.2. The Morgan fingerprint density at radius 2 is 1.37 bits per heavy atom. The fraction of sp³-hybridized carbons (Fsp3) is 0.220. The van der Waals surface area contributed by atoms with Gasteiger partial charge < -0.3 is 15.0 Å². The number of carbonyl (C=O) groups excluding carboxylic acids is 2. The third-order valence-electron chi connectivity index (χ3n) is 8.36. The summed E-state index contributed by atoms with van der Waals surface area (Å²) >= 11 is 3.48. The first-order valence-corrected chi connectivity index (χ1v) is 19.2. The zero-order valence-corrected chi connectivity index (χ0v) is 31.1. The van der Waals surface area contributed by atoms with Crippen molar-refractivity contribution in [3.63, 3.8) is 0 Å². The number of nitrogens with zero attached hydrogens (tertiary/aromatic N) is 2. The van der Waals surface area contributed by atoms with Crippen molar-refractivity contribution in [3.05, 3.63) is 155 Å². The van der Waals surface area contributed by atoms with Crippen molar-refractivity contribution < 1.29 is 22.7 Å². The first-order valence-electron chi connectivity index (χ1n) is 16.9. The van der Waals surface area contributed by atoms with Gasteiger partial charge in [0.1, 0.15) is 24.1 Å². The third-order valence-corrected chi connectivity index (χ3v) is 10.7.